The lowest BCUT2D eigenvalue weighted by Crippen LogP contribution is -2.24. The summed E-state index contributed by atoms with van der Waals surface area (Å²) in [6.07, 6.45) is 0. The molecule has 0 saturated carbocycles. The van der Waals surface area contributed by atoms with Crippen molar-refractivity contribution in [2.45, 2.75) is 26.4 Å². The van der Waals surface area contributed by atoms with E-state index in [9.17, 15) is 4.79 Å². The molecule has 1 aromatic rings. The van der Waals surface area contributed by atoms with E-state index >= 15 is 0 Å². The van der Waals surface area contributed by atoms with Gasteiger partial charge < -0.3 is 9.47 Å². The van der Waals surface area contributed by atoms with E-state index in [1.165, 1.54) is 7.11 Å². The monoisotopic (exact) mass is 208 g/mol. The molecule has 0 amide bonds. The van der Waals surface area contributed by atoms with Gasteiger partial charge in [0.15, 0.2) is 0 Å². The predicted octanol–water partition coefficient (Wildman–Crippen LogP) is 2.65. The van der Waals surface area contributed by atoms with Crippen LogP contribution in [-0.4, -0.2) is 18.7 Å². The maximum absolute atomic E-state index is 11.4. The third-order valence-corrected chi connectivity index (χ3v) is 1.71. The molecule has 0 aromatic heterocycles. The summed E-state index contributed by atoms with van der Waals surface area (Å²) in [5, 5.41) is 0. The van der Waals surface area contributed by atoms with Crippen molar-refractivity contribution in [1.29, 1.82) is 0 Å². The Morgan fingerprint density at radius 3 is 2.33 bits per heavy atom. The van der Waals surface area contributed by atoms with Gasteiger partial charge in [0.25, 0.3) is 0 Å². The van der Waals surface area contributed by atoms with Gasteiger partial charge >= 0.3 is 5.97 Å². The average molecular weight is 208 g/mol. The molecule has 82 valence electrons. The zero-order valence-electron chi connectivity index (χ0n) is 9.53. The van der Waals surface area contributed by atoms with Gasteiger partial charge in [0, 0.05) is 0 Å². The van der Waals surface area contributed by atoms with Crippen LogP contribution in [0.25, 0.3) is 0 Å². The number of hydrogen-bond donors (Lipinski definition) is 0. The molecular weight excluding hydrogens is 192 g/mol. The number of methoxy groups -OCH3 is 1. The summed E-state index contributed by atoms with van der Waals surface area (Å²) in [5.74, 6) is 0.173. The number of esters is 1. The first-order valence-electron chi connectivity index (χ1n) is 4.80. The summed E-state index contributed by atoms with van der Waals surface area (Å²) in [6, 6.07) is 7.06. The highest BCUT2D eigenvalue weighted by Crippen LogP contribution is 2.23. The molecule has 1 rings (SSSR count). The summed E-state index contributed by atoms with van der Waals surface area (Å²) in [7, 11) is 1.36. The van der Waals surface area contributed by atoms with E-state index in [1.54, 1.807) is 18.2 Å². The van der Waals surface area contributed by atoms with Gasteiger partial charge in [-0.2, -0.15) is 0 Å². The van der Waals surface area contributed by atoms with E-state index in [0.29, 0.717) is 11.3 Å². The van der Waals surface area contributed by atoms with Crippen molar-refractivity contribution in [2.75, 3.05) is 7.11 Å². The summed E-state index contributed by atoms with van der Waals surface area (Å²) in [6.45, 7) is 5.79. The average Bonchev–Trinajstić information content (AvgIpc) is 2.15. The highest BCUT2D eigenvalue weighted by Gasteiger charge is 2.17. The van der Waals surface area contributed by atoms with Crippen molar-refractivity contribution < 1.29 is 14.3 Å². The van der Waals surface area contributed by atoms with Gasteiger partial charge in [-0.15, -0.1) is 0 Å². The first kappa shape index (κ1) is 11.6. The number of benzene rings is 1. The van der Waals surface area contributed by atoms with Gasteiger partial charge in [0.05, 0.1) is 7.11 Å². The van der Waals surface area contributed by atoms with Crippen molar-refractivity contribution in [2.24, 2.45) is 0 Å². The number of carbonyl (C=O) groups is 1. The van der Waals surface area contributed by atoms with E-state index in [2.05, 4.69) is 4.74 Å². The van der Waals surface area contributed by atoms with Gasteiger partial charge in [0.1, 0.15) is 16.9 Å². The molecule has 0 aliphatic heterocycles. The minimum Gasteiger partial charge on any atom is -0.487 e. The highest BCUT2D eigenvalue weighted by atomic mass is 16.5. The number of rotatable bonds is 2. The lowest BCUT2D eigenvalue weighted by Gasteiger charge is -2.22. The fourth-order valence-corrected chi connectivity index (χ4v) is 1.16. The van der Waals surface area contributed by atoms with E-state index in [0.717, 1.165) is 0 Å². The van der Waals surface area contributed by atoms with Crippen LogP contribution in [0.1, 0.15) is 31.1 Å². The van der Waals surface area contributed by atoms with E-state index in [1.807, 2.05) is 26.8 Å². The quantitative estimate of drug-likeness (QED) is 0.701. The standard InChI is InChI=1S/C12H16O3/c1-12(2,3)15-10-8-6-5-7-9(10)11(13)14-4/h5-8H,1-4H3. The van der Waals surface area contributed by atoms with E-state index in [-0.39, 0.29) is 11.6 Å². The lowest BCUT2D eigenvalue weighted by atomic mass is 10.1. The zero-order chi connectivity index (χ0) is 11.5. The second-order valence-corrected chi connectivity index (χ2v) is 4.20. The topological polar surface area (TPSA) is 35.5 Å². The van der Waals surface area contributed by atoms with Crippen LogP contribution in [0.4, 0.5) is 0 Å². The Balaban J connectivity index is 3.02. The molecule has 0 fully saturated rings. The predicted molar refractivity (Wildman–Crippen MR) is 58.2 cm³/mol. The molecule has 15 heavy (non-hydrogen) atoms. The Morgan fingerprint density at radius 1 is 1.20 bits per heavy atom. The smallest absolute Gasteiger partial charge is 0.341 e. The molecular formula is C12H16O3. The van der Waals surface area contributed by atoms with Gasteiger partial charge in [-0.1, -0.05) is 12.1 Å². The molecule has 1 aromatic carbocycles. The molecule has 0 bridgehead atoms. The van der Waals surface area contributed by atoms with E-state index in [4.69, 9.17) is 4.74 Å². The van der Waals surface area contributed by atoms with Gasteiger partial charge in [0.2, 0.25) is 0 Å². The minimum atomic E-state index is -0.380. The second-order valence-electron chi connectivity index (χ2n) is 4.20. The molecule has 3 nitrogen and oxygen atoms in total. The number of ether oxygens (including phenoxy) is 2. The Kier molecular flexibility index (Phi) is 3.35. The Hall–Kier alpha value is -1.51. The maximum Gasteiger partial charge on any atom is 0.341 e. The molecule has 0 atom stereocenters. The third kappa shape index (κ3) is 3.27. The number of hydrogen-bond acceptors (Lipinski definition) is 3. The molecule has 0 spiro atoms. The summed E-state index contributed by atoms with van der Waals surface area (Å²) < 4.78 is 10.3. The first-order chi connectivity index (χ1) is 6.94. The SMILES string of the molecule is COC(=O)c1ccccc1OC(C)(C)C. The third-order valence-electron chi connectivity index (χ3n) is 1.71. The van der Waals surface area contributed by atoms with Crippen molar-refractivity contribution in [3.8, 4) is 5.75 Å². The molecule has 0 aliphatic carbocycles. The number of carbonyl (C=O) groups excluding carboxylic acids is 1. The number of para-hydroxylation sites is 1. The van der Waals surface area contributed by atoms with Crippen molar-refractivity contribution in [3.63, 3.8) is 0 Å². The van der Waals surface area contributed by atoms with Crippen LogP contribution in [0.2, 0.25) is 0 Å². The molecule has 0 radical (unpaired) electrons. The summed E-state index contributed by atoms with van der Waals surface area (Å²) in [5.41, 5.74) is 0.124. The molecule has 3 heteroatoms. The van der Waals surface area contributed by atoms with Crippen LogP contribution in [-0.2, 0) is 4.74 Å². The zero-order valence-corrected chi connectivity index (χ0v) is 9.53. The lowest BCUT2D eigenvalue weighted by molar-refractivity contribution is 0.0586. The molecule has 0 N–H and O–H groups in total. The van der Waals surface area contributed by atoms with Crippen molar-refractivity contribution in [1.82, 2.24) is 0 Å². The van der Waals surface area contributed by atoms with Crippen LogP contribution < -0.4 is 4.74 Å². The summed E-state index contributed by atoms with van der Waals surface area (Å²) >= 11 is 0. The molecule has 0 unspecified atom stereocenters. The summed E-state index contributed by atoms with van der Waals surface area (Å²) in [4.78, 5) is 11.4. The van der Waals surface area contributed by atoms with E-state index < -0.39 is 0 Å². The van der Waals surface area contributed by atoms with Crippen LogP contribution in [0.15, 0.2) is 24.3 Å². The molecule has 0 saturated heterocycles. The Labute approximate surface area is 90.0 Å². The first-order valence-corrected chi connectivity index (χ1v) is 4.80. The van der Waals surface area contributed by atoms with Crippen LogP contribution in [0, 0.1) is 0 Å². The van der Waals surface area contributed by atoms with Gasteiger partial charge in [-0.3, -0.25) is 0 Å². The fraction of sp³-hybridized carbons (Fsp3) is 0.417. The highest BCUT2D eigenvalue weighted by molar-refractivity contribution is 5.92. The Bertz CT molecular complexity index is 350. The second kappa shape index (κ2) is 4.34. The van der Waals surface area contributed by atoms with Crippen molar-refractivity contribution in [3.05, 3.63) is 29.8 Å². The molecule has 0 heterocycles. The van der Waals surface area contributed by atoms with Crippen LogP contribution in [0.3, 0.4) is 0 Å². The largest absolute Gasteiger partial charge is 0.487 e. The fourth-order valence-electron chi connectivity index (χ4n) is 1.16. The van der Waals surface area contributed by atoms with Gasteiger partial charge in [-0.25, -0.2) is 4.79 Å². The minimum absolute atomic E-state index is 0.329. The normalized spacial score (nSPS) is 10.9. The van der Waals surface area contributed by atoms with Crippen molar-refractivity contribution >= 4 is 5.97 Å². The van der Waals surface area contributed by atoms with Crippen LogP contribution >= 0.6 is 0 Å². The van der Waals surface area contributed by atoms with Gasteiger partial charge in [-0.05, 0) is 32.9 Å². The Morgan fingerprint density at radius 2 is 1.80 bits per heavy atom. The maximum atomic E-state index is 11.4. The molecule has 0 aliphatic rings. The van der Waals surface area contributed by atoms with Crippen LogP contribution in [0.5, 0.6) is 5.75 Å².